The summed E-state index contributed by atoms with van der Waals surface area (Å²) in [5, 5.41) is 2.94. The molecule has 0 aromatic heterocycles. The Morgan fingerprint density at radius 2 is 1.65 bits per heavy atom. The number of hydrogen-bond acceptors (Lipinski definition) is 4. The van der Waals surface area contributed by atoms with Gasteiger partial charge in [0.2, 0.25) is 0 Å². The van der Waals surface area contributed by atoms with E-state index in [1.807, 2.05) is 36.4 Å². The molecule has 3 aromatic carbocycles. The van der Waals surface area contributed by atoms with Crippen LogP contribution in [-0.4, -0.2) is 37.1 Å². The summed E-state index contributed by atoms with van der Waals surface area (Å²) in [6.07, 6.45) is 2.45. The quantitative estimate of drug-likeness (QED) is 0.677. The number of carbonyl (C=O) groups is 1. The van der Waals surface area contributed by atoms with E-state index in [0.717, 1.165) is 30.4 Å². The van der Waals surface area contributed by atoms with Crippen LogP contribution >= 0.6 is 0 Å². The number of nitrogens with zero attached hydrogens (tertiary/aromatic N) is 1. The molecule has 3 aromatic rings. The van der Waals surface area contributed by atoms with Crippen LogP contribution in [0.5, 0.6) is 0 Å². The van der Waals surface area contributed by atoms with E-state index in [-0.39, 0.29) is 11.4 Å². The average molecular weight is 347 g/mol. The number of carbonyl (C=O) groups excluding carboxylic acids is 1. The van der Waals surface area contributed by atoms with E-state index in [2.05, 4.69) is 4.90 Å². The molecule has 0 aliphatic carbocycles. The summed E-state index contributed by atoms with van der Waals surface area (Å²) in [4.78, 5) is 27.4. The fourth-order valence-corrected chi connectivity index (χ4v) is 3.57. The van der Waals surface area contributed by atoms with Crippen LogP contribution in [0.2, 0.25) is 0 Å². The first-order chi connectivity index (χ1) is 12.7. The lowest BCUT2D eigenvalue weighted by molar-refractivity contribution is 0.0472. The van der Waals surface area contributed by atoms with E-state index in [4.69, 9.17) is 4.74 Å². The summed E-state index contributed by atoms with van der Waals surface area (Å²) in [7, 11) is 0. The van der Waals surface area contributed by atoms with E-state index in [0.29, 0.717) is 22.9 Å². The molecular formula is C22H21NO3. The van der Waals surface area contributed by atoms with Gasteiger partial charge in [0.15, 0.2) is 5.43 Å². The molecule has 1 heterocycles. The second-order valence-corrected chi connectivity index (χ2v) is 6.74. The van der Waals surface area contributed by atoms with Crippen LogP contribution in [0.25, 0.3) is 21.5 Å². The molecule has 0 N–H and O–H groups in total. The van der Waals surface area contributed by atoms with E-state index in [1.54, 1.807) is 18.2 Å². The predicted molar refractivity (Wildman–Crippen MR) is 104 cm³/mol. The summed E-state index contributed by atoms with van der Waals surface area (Å²) in [5.74, 6) is -0.338. The topological polar surface area (TPSA) is 46.6 Å². The minimum absolute atomic E-state index is 0.0189. The number of ether oxygens (including phenoxy) is 1. The Bertz CT molecular complexity index is 1020. The third kappa shape index (κ3) is 3.33. The van der Waals surface area contributed by atoms with Crippen molar-refractivity contribution in [2.24, 2.45) is 0 Å². The fraction of sp³-hybridized carbons (Fsp3) is 0.273. The van der Waals surface area contributed by atoms with Crippen LogP contribution < -0.4 is 5.43 Å². The molecule has 1 aliphatic rings. The molecule has 4 nitrogen and oxygen atoms in total. The zero-order valence-corrected chi connectivity index (χ0v) is 14.6. The number of benzene rings is 2. The predicted octanol–water partition coefficient (Wildman–Crippen LogP) is 3.61. The third-order valence-corrected chi connectivity index (χ3v) is 5.02. The minimum atomic E-state index is -0.338. The lowest BCUT2D eigenvalue weighted by Crippen LogP contribution is -2.25. The molecule has 0 atom stereocenters. The smallest absolute Gasteiger partial charge is 0.338 e. The summed E-state index contributed by atoms with van der Waals surface area (Å²) >= 11 is 0. The molecule has 1 fully saturated rings. The molecule has 0 saturated carbocycles. The maximum Gasteiger partial charge on any atom is 0.338 e. The standard InChI is InChI=1S/C22H21NO3/c24-21-19-6-2-1-5-16(19)7-8-17-15-18(9-10-20(17)21)22(25)26-14-13-23-11-3-4-12-23/h1-2,5-10,15H,3-4,11-14H2. The van der Waals surface area contributed by atoms with Gasteiger partial charge in [-0.05, 0) is 54.9 Å². The molecule has 132 valence electrons. The van der Waals surface area contributed by atoms with Gasteiger partial charge < -0.3 is 4.74 Å². The van der Waals surface area contributed by atoms with Gasteiger partial charge >= 0.3 is 5.97 Å². The van der Waals surface area contributed by atoms with Gasteiger partial charge in [0, 0.05) is 17.3 Å². The second-order valence-electron chi connectivity index (χ2n) is 6.74. The Morgan fingerprint density at radius 3 is 2.50 bits per heavy atom. The zero-order valence-electron chi connectivity index (χ0n) is 14.6. The fourth-order valence-electron chi connectivity index (χ4n) is 3.57. The van der Waals surface area contributed by atoms with Crippen molar-refractivity contribution in [2.45, 2.75) is 12.8 Å². The number of rotatable bonds is 4. The van der Waals surface area contributed by atoms with Gasteiger partial charge in [-0.1, -0.05) is 36.4 Å². The summed E-state index contributed by atoms with van der Waals surface area (Å²) in [6.45, 7) is 3.36. The highest BCUT2D eigenvalue weighted by Crippen LogP contribution is 2.17. The number of hydrogen-bond donors (Lipinski definition) is 0. The maximum atomic E-state index is 12.8. The maximum absolute atomic E-state index is 12.8. The minimum Gasteiger partial charge on any atom is -0.461 e. The molecule has 0 radical (unpaired) electrons. The van der Waals surface area contributed by atoms with Gasteiger partial charge in [-0.15, -0.1) is 0 Å². The molecular weight excluding hydrogens is 326 g/mol. The van der Waals surface area contributed by atoms with Crippen molar-refractivity contribution in [1.29, 1.82) is 0 Å². The highest BCUT2D eigenvalue weighted by molar-refractivity contribution is 5.98. The Labute approximate surface area is 152 Å². The molecule has 0 bridgehead atoms. The Hall–Kier alpha value is -2.72. The molecule has 26 heavy (non-hydrogen) atoms. The van der Waals surface area contributed by atoms with Gasteiger partial charge in [0.25, 0.3) is 0 Å². The molecule has 1 saturated heterocycles. The van der Waals surface area contributed by atoms with Gasteiger partial charge in [-0.3, -0.25) is 9.69 Å². The third-order valence-electron chi connectivity index (χ3n) is 5.02. The summed E-state index contributed by atoms with van der Waals surface area (Å²) in [5.41, 5.74) is 0.461. The summed E-state index contributed by atoms with van der Waals surface area (Å²) < 4.78 is 5.41. The van der Waals surface area contributed by atoms with Crippen molar-refractivity contribution in [2.75, 3.05) is 26.2 Å². The first kappa shape index (κ1) is 16.7. The van der Waals surface area contributed by atoms with Gasteiger partial charge in [-0.2, -0.15) is 0 Å². The molecule has 0 spiro atoms. The zero-order chi connectivity index (χ0) is 17.9. The molecule has 4 heteroatoms. The van der Waals surface area contributed by atoms with Gasteiger partial charge in [0.05, 0.1) is 5.56 Å². The van der Waals surface area contributed by atoms with Crippen molar-refractivity contribution >= 4 is 27.5 Å². The Morgan fingerprint density at radius 1 is 0.923 bits per heavy atom. The lowest BCUT2D eigenvalue weighted by Gasteiger charge is -2.14. The van der Waals surface area contributed by atoms with Crippen LogP contribution in [0.1, 0.15) is 23.2 Å². The van der Waals surface area contributed by atoms with Crippen LogP contribution in [0.15, 0.2) is 59.4 Å². The Kier molecular flexibility index (Phi) is 4.67. The van der Waals surface area contributed by atoms with E-state index >= 15 is 0 Å². The average Bonchev–Trinajstić information content (AvgIpc) is 3.14. The van der Waals surface area contributed by atoms with Crippen LogP contribution in [0, 0.1) is 0 Å². The lowest BCUT2D eigenvalue weighted by atomic mass is 10.1. The highest BCUT2D eigenvalue weighted by atomic mass is 16.5. The van der Waals surface area contributed by atoms with E-state index in [9.17, 15) is 9.59 Å². The first-order valence-corrected chi connectivity index (χ1v) is 9.08. The number of likely N-dealkylation sites (tertiary alicyclic amines) is 1. The second kappa shape index (κ2) is 7.26. The van der Waals surface area contributed by atoms with Crippen LogP contribution in [0.4, 0.5) is 0 Å². The SMILES string of the molecule is O=C(OCCN1CCCC1)c1ccc2c(=O)c3ccccc3ccc2c1. The Balaban J connectivity index is 1.59. The van der Waals surface area contributed by atoms with Gasteiger partial charge in [0.1, 0.15) is 6.61 Å². The van der Waals surface area contributed by atoms with Crippen molar-refractivity contribution in [3.8, 4) is 0 Å². The molecule has 0 unspecified atom stereocenters. The van der Waals surface area contributed by atoms with Crippen molar-refractivity contribution in [3.63, 3.8) is 0 Å². The highest BCUT2D eigenvalue weighted by Gasteiger charge is 2.13. The van der Waals surface area contributed by atoms with E-state index in [1.165, 1.54) is 12.8 Å². The molecule has 1 aliphatic heterocycles. The number of fused-ring (bicyclic) bond motifs is 2. The molecule has 0 amide bonds. The van der Waals surface area contributed by atoms with Crippen LogP contribution in [-0.2, 0) is 4.74 Å². The van der Waals surface area contributed by atoms with Crippen molar-refractivity contribution in [3.05, 3.63) is 70.4 Å². The van der Waals surface area contributed by atoms with Gasteiger partial charge in [-0.25, -0.2) is 4.79 Å². The van der Waals surface area contributed by atoms with Crippen molar-refractivity contribution in [1.82, 2.24) is 4.90 Å². The van der Waals surface area contributed by atoms with E-state index < -0.39 is 0 Å². The number of esters is 1. The molecule has 4 rings (SSSR count). The van der Waals surface area contributed by atoms with Crippen LogP contribution in [0.3, 0.4) is 0 Å². The normalized spacial score (nSPS) is 14.8. The summed E-state index contributed by atoms with van der Waals surface area (Å²) in [6, 6.07) is 16.5. The first-order valence-electron chi connectivity index (χ1n) is 9.08. The largest absolute Gasteiger partial charge is 0.461 e. The van der Waals surface area contributed by atoms with Crippen molar-refractivity contribution < 1.29 is 9.53 Å². The monoisotopic (exact) mass is 347 g/mol.